The molecule has 0 aliphatic carbocycles. The van der Waals surface area contributed by atoms with Crippen molar-refractivity contribution in [1.82, 2.24) is 19.9 Å². The number of hydrogen-bond acceptors (Lipinski definition) is 10. The van der Waals surface area contributed by atoms with Gasteiger partial charge in [0.25, 0.3) is 0 Å². The standard InChI is InChI=1S/C33H38N6O4/c1-22-21-42-14-13-39(22)32-26-9-10-27(24-8-11-29(41-2)25(16-24)20-40)34-31(26)35-33(36-32)38-18-28-30(19-38)43-15-12-37(28)17-23-6-4-3-5-7-23/h3-11,16,22,28,30,40H,12-15,17-21H2,1-2H3/t22-,28-,30+/m0/s1. The van der Waals surface area contributed by atoms with Crippen molar-refractivity contribution in [2.45, 2.75) is 38.3 Å². The van der Waals surface area contributed by atoms with Crippen molar-refractivity contribution in [2.24, 2.45) is 0 Å². The molecule has 10 heteroatoms. The Labute approximate surface area is 251 Å². The third-order valence-corrected chi connectivity index (χ3v) is 8.84. The highest BCUT2D eigenvalue weighted by Crippen LogP contribution is 2.34. The van der Waals surface area contributed by atoms with Gasteiger partial charge in [-0.3, -0.25) is 4.90 Å². The van der Waals surface area contributed by atoms with E-state index < -0.39 is 0 Å². The molecule has 7 rings (SSSR count). The monoisotopic (exact) mass is 582 g/mol. The largest absolute Gasteiger partial charge is 0.496 e. The van der Waals surface area contributed by atoms with Gasteiger partial charge in [0.15, 0.2) is 5.65 Å². The fraction of sp³-hybridized carbons (Fsp3) is 0.424. The lowest BCUT2D eigenvalue weighted by Gasteiger charge is -2.36. The third kappa shape index (κ3) is 5.51. The molecule has 3 atom stereocenters. The Morgan fingerprint density at radius 3 is 2.67 bits per heavy atom. The number of aromatic nitrogens is 3. The van der Waals surface area contributed by atoms with Crippen LogP contribution in [-0.4, -0.2) is 96.3 Å². The maximum absolute atomic E-state index is 9.89. The van der Waals surface area contributed by atoms with Gasteiger partial charge in [0.05, 0.1) is 62.8 Å². The molecule has 0 saturated carbocycles. The number of anilines is 2. The molecule has 0 bridgehead atoms. The Balaban J connectivity index is 1.25. The third-order valence-electron chi connectivity index (χ3n) is 8.84. The van der Waals surface area contributed by atoms with Crippen LogP contribution in [0.3, 0.4) is 0 Å². The van der Waals surface area contributed by atoms with E-state index in [0.717, 1.165) is 61.8 Å². The molecule has 0 spiro atoms. The van der Waals surface area contributed by atoms with E-state index in [1.54, 1.807) is 7.11 Å². The van der Waals surface area contributed by atoms with Crippen molar-refractivity contribution in [2.75, 3.05) is 62.9 Å². The van der Waals surface area contributed by atoms with E-state index in [1.807, 2.05) is 24.3 Å². The van der Waals surface area contributed by atoms with Crippen molar-refractivity contribution < 1.29 is 19.3 Å². The molecule has 5 heterocycles. The summed E-state index contributed by atoms with van der Waals surface area (Å²) in [5.74, 6) is 2.21. The van der Waals surface area contributed by atoms with Crippen LogP contribution in [0.4, 0.5) is 11.8 Å². The Bertz CT molecular complexity index is 1590. The fourth-order valence-electron chi connectivity index (χ4n) is 6.54. The zero-order chi connectivity index (χ0) is 29.3. The summed E-state index contributed by atoms with van der Waals surface area (Å²) in [6, 6.07) is 20.9. The number of rotatable bonds is 7. The van der Waals surface area contributed by atoms with Gasteiger partial charge in [-0.15, -0.1) is 0 Å². The van der Waals surface area contributed by atoms with E-state index in [9.17, 15) is 5.11 Å². The topological polar surface area (TPSA) is 96.3 Å². The van der Waals surface area contributed by atoms with Gasteiger partial charge in [-0.2, -0.15) is 9.97 Å². The summed E-state index contributed by atoms with van der Waals surface area (Å²) in [5.41, 5.74) is 4.35. The number of hydrogen-bond donors (Lipinski definition) is 1. The Morgan fingerprint density at radius 2 is 1.86 bits per heavy atom. The maximum Gasteiger partial charge on any atom is 0.229 e. The first-order chi connectivity index (χ1) is 21.1. The first kappa shape index (κ1) is 28.0. The summed E-state index contributed by atoms with van der Waals surface area (Å²) in [6.45, 7) is 8.17. The molecule has 4 aromatic rings. The van der Waals surface area contributed by atoms with Gasteiger partial charge >= 0.3 is 0 Å². The number of nitrogens with zero attached hydrogens (tertiary/aromatic N) is 6. The maximum atomic E-state index is 9.89. The molecule has 0 unspecified atom stereocenters. The molecule has 3 saturated heterocycles. The molecule has 3 aliphatic heterocycles. The fourth-order valence-corrected chi connectivity index (χ4v) is 6.54. The van der Waals surface area contributed by atoms with Crippen LogP contribution in [0.5, 0.6) is 5.75 Å². The summed E-state index contributed by atoms with van der Waals surface area (Å²) >= 11 is 0. The smallest absolute Gasteiger partial charge is 0.229 e. The predicted octanol–water partition coefficient (Wildman–Crippen LogP) is 3.51. The summed E-state index contributed by atoms with van der Waals surface area (Å²) in [5, 5.41) is 10.8. The van der Waals surface area contributed by atoms with Crippen molar-refractivity contribution in [3.05, 3.63) is 71.8 Å². The van der Waals surface area contributed by atoms with Crippen LogP contribution >= 0.6 is 0 Å². The van der Waals surface area contributed by atoms with Crippen molar-refractivity contribution in [3.63, 3.8) is 0 Å². The summed E-state index contributed by atoms with van der Waals surface area (Å²) in [6.07, 6.45) is 0.0954. The molecular formula is C33H38N6O4. The molecule has 1 N–H and O–H groups in total. The number of fused-ring (bicyclic) bond motifs is 2. The van der Waals surface area contributed by atoms with Gasteiger partial charge in [-0.25, -0.2) is 4.98 Å². The number of aliphatic hydroxyl groups excluding tert-OH is 1. The van der Waals surface area contributed by atoms with E-state index in [-0.39, 0.29) is 24.8 Å². The second-order valence-corrected chi connectivity index (χ2v) is 11.6. The number of morpholine rings is 2. The first-order valence-electron chi connectivity index (χ1n) is 15.1. The number of benzene rings is 2. The molecule has 43 heavy (non-hydrogen) atoms. The van der Waals surface area contributed by atoms with E-state index >= 15 is 0 Å². The number of methoxy groups -OCH3 is 1. The Morgan fingerprint density at radius 1 is 0.977 bits per heavy atom. The number of pyridine rings is 1. The molecule has 3 aliphatic rings. The molecule has 2 aromatic carbocycles. The van der Waals surface area contributed by atoms with Gasteiger partial charge < -0.3 is 29.1 Å². The van der Waals surface area contributed by atoms with Crippen LogP contribution in [0.2, 0.25) is 0 Å². The van der Waals surface area contributed by atoms with Crippen LogP contribution in [0, 0.1) is 0 Å². The predicted molar refractivity (Wildman–Crippen MR) is 165 cm³/mol. The summed E-state index contributed by atoms with van der Waals surface area (Å²) in [4.78, 5) is 22.4. The van der Waals surface area contributed by atoms with Gasteiger partial charge in [-0.1, -0.05) is 30.3 Å². The van der Waals surface area contributed by atoms with E-state index in [4.69, 9.17) is 29.2 Å². The average molecular weight is 583 g/mol. The number of aliphatic hydroxyl groups is 1. The zero-order valence-electron chi connectivity index (χ0n) is 24.7. The lowest BCUT2D eigenvalue weighted by molar-refractivity contribution is -0.0499. The van der Waals surface area contributed by atoms with Gasteiger partial charge in [-0.05, 0) is 42.8 Å². The number of ether oxygens (including phenoxy) is 3. The minimum absolute atomic E-state index is 0.0954. The van der Waals surface area contributed by atoms with E-state index in [0.29, 0.717) is 36.1 Å². The van der Waals surface area contributed by atoms with Crippen molar-refractivity contribution in [3.8, 4) is 17.0 Å². The zero-order valence-corrected chi connectivity index (χ0v) is 24.7. The highest BCUT2D eigenvalue weighted by atomic mass is 16.5. The summed E-state index contributed by atoms with van der Waals surface area (Å²) < 4.78 is 17.4. The van der Waals surface area contributed by atoms with Crippen LogP contribution in [-0.2, 0) is 22.6 Å². The molecule has 0 radical (unpaired) electrons. The van der Waals surface area contributed by atoms with Crippen LogP contribution < -0.4 is 14.5 Å². The quantitative estimate of drug-likeness (QED) is 0.349. The van der Waals surface area contributed by atoms with Crippen LogP contribution in [0.15, 0.2) is 60.7 Å². The molecule has 2 aromatic heterocycles. The molecule has 3 fully saturated rings. The van der Waals surface area contributed by atoms with Crippen molar-refractivity contribution >= 4 is 22.8 Å². The van der Waals surface area contributed by atoms with Crippen molar-refractivity contribution in [1.29, 1.82) is 0 Å². The minimum Gasteiger partial charge on any atom is -0.496 e. The molecule has 224 valence electrons. The van der Waals surface area contributed by atoms with Gasteiger partial charge in [0, 0.05) is 43.9 Å². The normalized spacial score (nSPS) is 22.6. The minimum atomic E-state index is -0.114. The highest BCUT2D eigenvalue weighted by molar-refractivity contribution is 5.90. The van der Waals surface area contributed by atoms with Crippen LogP contribution in [0.1, 0.15) is 18.1 Å². The lowest BCUT2D eigenvalue weighted by atomic mass is 10.1. The van der Waals surface area contributed by atoms with Gasteiger partial charge in [0.2, 0.25) is 5.95 Å². The first-order valence-corrected chi connectivity index (χ1v) is 15.1. The second-order valence-electron chi connectivity index (χ2n) is 11.6. The van der Waals surface area contributed by atoms with Gasteiger partial charge in [0.1, 0.15) is 11.6 Å². The average Bonchev–Trinajstić information content (AvgIpc) is 3.50. The van der Waals surface area contributed by atoms with E-state index in [1.165, 1.54) is 5.56 Å². The lowest BCUT2D eigenvalue weighted by Crippen LogP contribution is -2.50. The SMILES string of the molecule is COc1ccc(-c2ccc3c(N4CCOC[C@@H]4C)nc(N4C[C@H]5OCCN(Cc6ccccc6)[C@H]5C4)nc3n2)cc1CO. The van der Waals surface area contributed by atoms with Crippen LogP contribution in [0.25, 0.3) is 22.3 Å². The Hall–Kier alpha value is -3.83. The Kier molecular flexibility index (Phi) is 7.83. The summed E-state index contributed by atoms with van der Waals surface area (Å²) in [7, 11) is 1.61. The van der Waals surface area contributed by atoms with E-state index in [2.05, 4.69) is 58.0 Å². The molecule has 0 amide bonds. The molecular weight excluding hydrogens is 544 g/mol. The second kappa shape index (κ2) is 12.0. The molecule has 10 nitrogen and oxygen atoms in total. The highest BCUT2D eigenvalue weighted by Gasteiger charge is 2.41.